The number of ether oxygens (including phenoxy) is 4. The first-order valence-corrected chi connectivity index (χ1v) is 19.2. The highest BCUT2D eigenvalue weighted by atomic mass is 16.6. The Kier molecular flexibility index (Phi) is 16.5. The SMILES string of the molecule is COCCCOc1cc(C(=O)N(CC2CN(C(=O)OC(C)(C)C)CC2N(CC(=O)NCc2ccccc2)CC(=O)NCc2ccccc2)C(C)C)ccc1OC. The molecule has 1 fully saturated rings. The Morgan fingerprint density at radius 2 is 1.39 bits per heavy atom. The van der Waals surface area contributed by atoms with Gasteiger partial charge in [0.2, 0.25) is 11.8 Å². The maximum absolute atomic E-state index is 14.3. The number of nitrogens with zero attached hydrogens (tertiary/aromatic N) is 3. The highest BCUT2D eigenvalue weighted by Crippen LogP contribution is 2.31. The van der Waals surface area contributed by atoms with Gasteiger partial charge in [0.1, 0.15) is 5.60 Å². The van der Waals surface area contributed by atoms with Gasteiger partial charge in [-0.25, -0.2) is 4.79 Å². The number of benzene rings is 3. The minimum atomic E-state index is -0.739. The van der Waals surface area contributed by atoms with Crippen molar-refractivity contribution in [1.29, 1.82) is 0 Å². The van der Waals surface area contributed by atoms with Crippen molar-refractivity contribution >= 4 is 23.8 Å². The summed E-state index contributed by atoms with van der Waals surface area (Å²) in [5, 5.41) is 5.98. The third kappa shape index (κ3) is 13.6. The molecule has 0 radical (unpaired) electrons. The van der Waals surface area contributed by atoms with Gasteiger partial charge in [-0.15, -0.1) is 0 Å². The minimum absolute atomic E-state index is 0.104. The molecule has 4 rings (SSSR count). The molecule has 56 heavy (non-hydrogen) atoms. The zero-order chi connectivity index (χ0) is 40.7. The van der Waals surface area contributed by atoms with Crippen LogP contribution in [-0.4, -0.2) is 116 Å². The van der Waals surface area contributed by atoms with Gasteiger partial charge in [0.05, 0.1) is 26.8 Å². The standard InChI is InChI=1S/C43H59N5O8/c1-31(2)48(41(51)34-19-20-37(54-7)38(23-34)55-22-14-21-53-6)27-35-26-47(42(52)56-43(3,4)5)28-36(35)46(29-39(49)44-24-32-15-10-8-11-16-32)30-40(50)45-25-33-17-12-9-13-18-33/h8-13,15-20,23,31,35-36H,14,21-22,24-30H2,1-7H3,(H,44,49)(H,45,50). The Hall–Kier alpha value is -5.14. The van der Waals surface area contributed by atoms with Crippen LogP contribution in [0.5, 0.6) is 11.5 Å². The van der Waals surface area contributed by atoms with Crippen molar-refractivity contribution in [2.24, 2.45) is 5.92 Å². The first-order chi connectivity index (χ1) is 26.8. The lowest BCUT2D eigenvalue weighted by Gasteiger charge is -2.35. The van der Waals surface area contributed by atoms with Gasteiger partial charge in [-0.1, -0.05) is 60.7 Å². The van der Waals surface area contributed by atoms with Gasteiger partial charge in [0, 0.05) is 76.4 Å². The molecule has 2 N–H and O–H groups in total. The highest BCUT2D eigenvalue weighted by Gasteiger charge is 2.43. The van der Waals surface area contributed by atoms with E-state index in [0.717, 1.165) is 11.1 Å². The highest BCUT2D eigenvalue weighted by molar-refractivity contribution is 5.95. The van der Waals surface area contributed by atoms with Gasteiger partial charge >= 0.3 is 6.09 Å². The third-order valence-electron chi connectivity index (χ3n) is 9.36. The lowest BCUT2D eigenvalue weighted by molar-refractivity contribution is -0.126. The molecule has 0 spiro atoms. The molecular formula is C43H59N5O8. The molecular weight excluding hydrogens is 714 g/mol. The zero-order valence-corrected chi connectivity index (χ0v) is 33.9. The van der Waals surface area contributed by atoms with Crippen LogP contribution in [-0.2, 0) is 32.2 Å². The van der Waals surface area contributed by atoms with Crippen LogP contribution in [0.2, 0.25) is 0 Å². The van der Waals surface area contributed by atoms with Crippen LogP contribution in [0, 0.1) is 5.92 Å². The largest absolute Gasteiger partial charge is 0.493 e. The third-order valence-corrected chi connectivity index (χ3v) is 9.36. The summed E-state index contributed by atoms with van der Waals surface area (Å²) in [6.45, 7) is 11.3. The van der Waals surface area contributed by atoms with E-state index in [1.807, 2.05) is 79.4 Å². The summed E-state index contributed by atoms with van der Waals surface area (Å²) in [5.74, 6) is -0.167. The van der Waals surface area contributed by atoms with Gasteiger partial charge in [0.25, 0.3) is 5.91 Å². The second kappa shape index (κ2) is 21.2. The van der Waals surface area contributed by atoms with Crippen molar-refractivity contribution in [3.05, 3.63) is 95.6 Å². The molecule has 2 atom stereocenters. The fourth-order valence-electron chi connectivity index (χ4n) is 6.54. The number of likely N-dealkylation sites (tertiary alicyclic amines) is 1. The topological polar surface area (TPSA) is 139 Å². The van der Waals surface area contributed by atoms with Crippen molar-refractivity contribution in [1.82, 2.24) is 25.3 Å². The van der Waals surface area contributed by atoms with E-state index < -0.39 is 17.7 Å². The van der Waals surface area contributed by atoms with Crippen LogP contribution in [0.15, 0.2) is 78.9 Å². The van der Waals surface area contributed by atoms with E-state index in [0.29, 0.717) is 49.8 Å². The lowest BCUT2D eigenvalue weighted by Crippen LogP contribution is -2.52. The molecule has 1 aliphatic rings. The van der Waals surface area contributed by atoms with Crippen LogP contribution < -0.4 is 20.1 Å². The molecule has 0 saturated carbocycles. The molecule has 4 amide bonds. The summed E-state index contributed by atoms with van der Waals surface area (Å²) >= 11 is 0. The van der Waals surface area contributed by atoms with Gasteiger partial charge in [0.15, 0.2) is 11.5 Å². The van der Waals surface area contributed by atoms with E-state index in [1.165, 1.54) is 0 Å². The van der Waals surface area contributed by atoms with Crippen LogP contribution in [0.1, 0.15) is 62.5 Å². The second-order valence-electron chi connectivity index (χ2n) is 15.3. The van der Waals surface area contributed by atoms with E-state index in [4.69, 9.17) is 18.9 Å². The van der Waals surface area contributed by atoms with Gasteiger partial charge in [-0.2, -0.15) is 0 Å². The number of methoxy groups -OCH3 is 2. The van der Waals surface area contributed by atoms with E-state index in [1.54, 1.807) is 63.0 Å². The van der Waals surface area contributed by atoms with Gasteiger partial charge in [-0.3, -0.25) is 19.3 Å². The Bertz CT molecular complexity index is 1660. The number of rotatable bonds is 19. The summed E-state index contributed by atoms with van der Waals surface area (Å²) in [7, 11) is 3.17. The van der Waals surface area contributed by atoms with E-state index in [-0.39, 0.29) is 62.4 Å². The summed E-state index contributed by atoms with van der Waals surface area (Å²) in [4.78, 5) is 60.3. The Balaban J connectivity index is 1.63. The molecule has 1 heterocycles. The first kappa shape index (κ1) is 43.6. The maximum atomic E-state index is 14.3. The van der Waals surface area contributed by atoms with Crippen LogP contribution >= 0.6 is 0 Å². The average molecular weight is 774 g/mol. The molecule has 0 aliphatic carbocycles. The Labute approximate surface area is 331 Å². The number of carbonyl (C=O) groups is 4. The van der Waals surface area contributed by atoms with E-state index in [9.17, 15) is 19.2 Å². The minimum Gasteiger partial charge on any atom is -0.493 e. The number of hydrogen-bond donors (Lipinski definition) is 2. The monoisotopic (exact) mass is 773 g/mol. The molecule has 304 valence electrons. The summed E-state index contributed by atoms with van der Waals surface area (Å²) < 4.78 is 22.4. The molecule has 13 heteroatoms. The molecule has 2 unspecified atom stereocenters. The molecule has 0 bridgehead atoms. The molecule has 1 aliphatic heterocycles. The predicted octanol–water partition coefficient (Wildman–Crippen LogP) is 5.13. The Morgan fingerprint density at radius 3 is 1.91 bits per heavy atom. The number of hydrogen-bond acceptors (Lipinski definition) is 9. The zero-order valence-electron chi connectivity index (χ0n) is 33.9. The number of amides is 4. The van der Waals surface area contributed by atoms with E-state index in [2.05, 4.69) is 10.6 Å². The fraction of sp³-hybridized carbons (Fsp3) is 0.488. The van der Waals surface area contributed by atoms with Crippen molar-refractivity contribution in [2.45, 2.75) is 71.8 Å². The van der Waals surface area contributed by atoms with Crippen molar-refractivity contribution in [3.63, 3.8) is 0 Å². The quantitative estimate of drug-likeness (QED) is 0.159. The number of nitrogens with one attached hydrogen (secondary N) is 2. The van der Waals surface area contributed by atoms with Crippen molar-refractivity contribution < 1.29 is 38.1 Å². The summed E-state index contributed by atoms with van der Waals surface area (Å²) in [5.41, 5.74) is 1.56. The van der Waals surface area contributed by atoms with Crippen LogP contribution in [0.25, 0.3) is 0 Å². The van der Waals surface area contributed by atoms with Gasteiger partial charge < -0.3 is 39.4 Å². The predicted molar refractivity (Wildman–Crippen MR) is 214 cm³/mol. The fourth-order valence-corrected chi connectivity index (χ4v) is 6.54. The van der Waals surface area contributed by atoms with Crippen molar-refractivity contribution in [2.75, 3.05) is 60.2 Å². The molecule has 3 aromatic carbocycles. The first-order valence-electron chi connectivity index (χ1n) is 19.2. The normalized spacial score (nSPS) is 15.4. The molecule has 3 aromatic rings. The maximum Gasteiger partial charge on any atom is 0.410 e. The molecule has 1 saturated heterocycles. The summed E-state index contributed by atoms with van der Waals surface area (Å²) in [6, 6.07) is 23.6. The van der Waals surface area contributed by atoms with Crippen molar-refractivity contribution in [3.8, 4) is 11.5 Å². The Morgan fingerprint density at radius 1 is 0.804 bits per heavy atom. The van der Waals surface area contributed by atoms with E-state index >= 15 is 0 Å². The smallest absolute Gasteiger partial charge is 0.410 e. The molecule has 13 nitrogen and oxygen atoms in total. The number of carbonyl (C=O) groups excluding carboxylic acids is 4. The lowest BCUT2D eigenvalue weighted by atomic mass is 9.99. The summed E-state index contributed by atoms with van der Waals surface area (Å²) in [6.07, 6.45) is 0.165. The van der Waals surface area contributed by atoms with Crippen LogP contribution in [0.3, 0.4) is 0 Å². The van der Waals surface area contributed by atoms with Crippen LogP contribution in [0.4, 0.5) is 4.79 Å². The van der Waals surface area contributed by atoms with Gasteiger partial charge in [-0.05, 0) is 63.9 Å². The second-order valence-corrected chi connectivity index (χ2v) is 15.3. The average Bonchev–Trinajstić information content (AvgIpc) is 3.61. The molecule has 0 aromatic heterocycles.